The molecule has 1 aromatic carbocycles. The maximum absolute atomic E-state index is 12.4. The number of hydrogen-bond acceptors (Lipinski definition) is 2. The van der Waals surface area contributed by atoms with Crippen molar-refractivity contribution in [2.75, 3.05) is 0 Å². The first-order valence-corrected chi connectivity index (χ1v) is 8.14. The lowest BCUT2D eigenvalue weighted by Gasteiger charge is -2.19. The Labute approximate surface area is 132 Å². The predicted molar refractivity (Wildman–Crippen MR) is 88.3 cm³/mol. The van der Waals surface area contributed by atoms with E-state index in [0.717, 1.165) is 42.8 Å². The van der Waals surface area contributed by atoms with Gasteiger partial charge in [0.15, 0.2) is 5.78 Å². The van der Waals surface area contributed by atoms with Crippen molar-refractivity contribution >= 4 is 5.78 Å². The maximum atomic E-state index is 12.4. The van der Waals surface area contributed by atoms with Crippen molar-refractivity contribution in [3.8, 4) is 0 Å². The number of Topliss-reactive ketones (excluding diaryl/α,β-unsaturated/α-hetero) is 1. The molecule has 3 nitrogen and oxygen atoms in total. The van der Waals surface area contributed by atoms with E-state index < -0.39 is 0 Å². The molecule has 0 N–H and O–H groups in total. The van der Waals surface area contributed by atoms with E-state index in [9.17, 15) is 4.79 Å². The molecule has 116 valence electrons. The summed E-state index contributed by atoms with van der Waals surface area (Å²) in [6.45, 7) is 7.26. The Kier molecular flexibility index (Phi) is 3.90. The van der Waals surface area contributed by atoms with Crippen molar-refractivity contribution in [2.24, 2.45) is 0 Å². The molecule has 3 rings (SSSR count). The van der Waals surface area contributed by atoms with E-state index in [4.69, 9.17) is 5.10 Å². The monoisotopic (exact) mass is 296 g/mol. The molecule has 0 radical (unpaired) electrons. The van der Waals surface area contributed by atoms with Gasteiger partial charge < -0.3 is 0 Å². The smallest absolute Gasteiger partial charge is 0.166 e. The molecule has 0 fully saturated rings. The molecule has 0 saturated heterocycles. The first-order valence-electron chi connectivity index (χ1n) is 8.14. The molecule has 22 heavy (non-hydrogen) atoms. The molecule has 3 heteroatoms. The second-order valence-corrected chi connectivity index (χ2v) is 7.16. The van der Waals surface area contributed by atoms with Crippen molar-refractivity contribution in [1.82, 2.24) is 9.78 Å². The van der Waals surface area contributed by atoms with Crippen molar-refractivity contribution in [3.05, 3.63) is 52.8 Å². The topological polar surface area (TPSA) is 34.9 Å². The fraction of sp³-hybridized carbons (Fsp3) is 0.474. The second kappa shape index (κ2) is 5.71. The second-order valence-electron chi connectivity index (χ2n) is 7.16. The third-order valence-electron chi connectivity index (χ3n) is 4.32. The van der Waals surface area contributed by atoms with E-state index >= 15 is 0 Å². The number of nitrogens with zero attached hydrogens (tertiary/aromatic N) is 2. The van der Waals surface area contributed by atoms with Gasteiger partial charge in [-0.25, -0.2) is 0 Å². The molecule has 0 bridgehead atoms. The highest BCUT2D eigenvalue weighted by Crippen LogP contribution is 2.32. The summed E-state index contributed by atoms with van der Waals surface area (Å²) in [6, 6.07) is 10.5. The molecule has 2 aromatic rings. The lowest BCUT2D eigenvalue weighted by Crippen LogP contribution is -2.19. The number of aryl methyl sites for hydroxylation is 2. The van der Waals surface area contributed by atoms with Crippen LogP contribution in [0.5, 0.6) is 0 Å². The number of rotatable bonds is 3. The Morgan fingerprint density at radius 3 is 2.55 bits per heavy atom. The predicted octanol–water partition coefficient (Wildman–Crippen LogP) is 3.94. The summed E-state index contributed by atoms with van der Waals surface area (Å²) in [5.74, 6) is 0.275. The summed E-state index contributed by atoms with van der Waals surface area (Å²) in [5, 5.41) is 4.82. The molecular weight excluding hydrogens is 272 g/mol. The minimum Gasteiger partial charge on any atom is -0.294 e. The molecule has 1 aromatic heterocycles. The number of fused-ring (bicyclic) bond motifs is 1. The maximum Gasteiger partial charge on any atom is 0.166 e. The highest BCUT2D eigenvalue weighted by atomic mass is 16.1. The number of hydrogen-bond donors (Lipinski definition) is 0. The summed E-state index contributed by atoms with van der Waals surface area (Å²) < 4.78 is 2.08. The van der Waals surface area contributed by atoms with Crippen LogP contribution in [-0.4, -0.2) is 15.6 Å². The van der Waals surface area contributed by atoms with E-state index in [1.807, 2.05) is 6.07 Å². The highest BCUT2D eigenvalue weighted by molar-refractivity contribution is 5.99. The van der Waals surface area contributed by atoms with Gasteiger partial charge in [-0.05, 0) is 24.8 Å². The van der Waals surface area contributed by atoms with Crippen LogP contribution in [0.25, 0.3) is 0 Å². The molecule has 0 saturated carbocycles. The van der Waals surface area contributed by atoms with Gasteiger partial charge in [0.1, 0.15) is 0 Å². The fourth-order valence-electron chi connectivity index (χ4n) is 3.17. The molecule has 1 heterocycles. The molecule has 1 aliphatic carbocycles. The van der Waals surface area contributed by atoms with Crippen LogP contribution < -0.4 is 0 Å². The third-order valence-corrected chi connectivity index (χ3v) is 4.32. The van der Waals surface area contributed by atoms with Crippen LogP contribution in [0.1, 0.15) is 60.9 Å². The minimum atomic E-state index is -0.0882. The van der Waals surface area contributed by atoms with Gasteiger partial charge in [-0.2, -0.15) is 5.10 Å². The molecular formula is C19H24N2O. The number of ketones is 1. The van der Waals surface area contributed by atoms with E-state index in [-0.39, 0.29) is 11.2 Å². The fourth-order valence-corrected chi connectivity index (χ4v) is 3.17. The van der Waals surface area contributed by atoms with Gasteiger partial charge >= 0.3 is 0 Å². The standard InChI is InChI=1S/C19H24N2O/c1-19(2,3)18-17-15(10-7-11-16(17)22)21(20-18)13-12-14-8-5-4-6-9-14/h4-6,8-9H,7,10-13H2,1-3H3. The van der Waals surface area contributed by atoms with Gasteiger partial charge in [-0.1, -0.05) is 51.1 Å². The normalized spacial score (nSPS) is 15.0. The summed E-state index contributed by atoms with van der Waals surface area (Å²) in [7, 11) is 0. The van der Waals surface area contributed by atoms with Gasteiger partial charge in [0.25, 0.3) is 0 Å². The number of carbonyl (C=O) groups is 1. The van der Waals surface area contributed by atoms with Gasteiger partial charge in [-0.3, -0.25) is 9.48 Å². The Balaban J connectivity index is 1.93. The van der Waals surface area contributed by atoms with Crippen molar-refractivity contribution in [2.45, 2.75) is 58.4 Å². The first kappa shape index (κ1) is 15.0. The van der Waals surface area contributed by atoms with Crippen LogP contribution in [-0.2, 0) is 24.8 Å². The summed E-state index contributed by atoms with van der Waals surface area (Å²) >= 11 is 0. The van der Waals surface area contributed by atoms with Gasteiger partial charge in [0.05, 0.1) is 11.3 Å². The Bertz CT molecular complexity index is 677. The average molecular weight is 296 g/mol. The van der Waals surface area contributed by atoms with Crippen molar-refractivity contribution < 1.29 is 4.79 Å². The lowest BCUT2D eigenvalue weighted by atomic mass is 9.84. The largest absolute Gasteiger partial charge is 0.294 e. The van der Waals surface area contributed by atoms with Crippen LogP contribution >= 0.6 is 0 Å². The van der Waals surface area contributed by atoms with Crippen molar-refractivity contribution in [3.63, 3.8) is 0 Å². The minimum absolute atomic E-state index is 0.0882. The number of carbonyl (C=O) groups excluding carboxylic acids is 1. The van der Waals surface area contributed by atoms with E-state index in [2.05, 4.69) is 49.7 Å². The van der Waals surface area contributed by atoms with Gasteiger partial charge in [0, 0.05) is 24.1 Å². The summed E-state index contributed by atoms with van der Waals surface area (Å²) in [5.41, 5.74) is 4.25. The van der Waals surface area contributed by atoms with E-state index in [0.29, 0.717) is 6.42 Å². The number of aromatic nitrogens is 2. The highest BCUT2D eigenvalue weighted by Gasteiger charge is 2.32. The quantitative estimate of drug-likeness (QED) is 0.860. The summed E-state index contributed by atoms with van der Waals surface area (Å²) in [4.78, 5) is 12.4. The van der Waals surface area contributed by atoms with E-state index in [1.54, 1.807) is 0 Å². The van der Waals surface area contributed by atoms with E-state index in [1.165, 1.54) is 5.56 Å². The Morgan fingerprint density at radius 1 is 1.14 bits per heavy atom. The molecule has 0 amide bonds. The number of benzene rings is 1. The van der Waals surface area contributed by atoms with Crippen LogP contribution in [0, 0.1) is 0 Å². The van der Waals surface area contributed by atoms with Crippen LogP contribution in [0.3, 0.4) is 0 Å². The average Bonchev–Trinajstić information content (AvgIpc) is 2.87. The summed E-state index contributed by atoms with van der Waals surface area (Å²) in [6.07, 6.45) is 3.54. The van der Waals surface area contributed by atoms with Crippen LogP contribution in [0.15, 0.2) is 30.3 Å². The lowest BCUT2D eigenvalue weighted by molar-refractivity contribution is 0.0969. The van der Waals surface area contributed by atoms with Gasteiger partial charge in [0.2, 0.25) is 0 Å². The Morgan fingerprint density at radius 2 is 1.86 bits per heavy atom. The molecule has 0 spiro atoms. The molecule has 0 unspecified atom stereocenters. The van der Waals surface area contributed by atoms with Crippen molar-refractivity contribution in [1.29, 1.82) is 0 Å². The molecule has 1 aliphatic rings. The van der Waals surface area contributed by atoms with Gasteiger partial charge in [-0.15, -0.1) is 0 Å². The van der Waals surface area contributed by atoms with Crippen LogP contribution in [0.2, 0.25) is 0 Å². The van der Waals surface area contributed by atoms with Crippen LogP contribution in [0.4, 0.5) is 0 Å². The third kappa shape index (κ3) is 2.85. The molecule has 0 atom stereocenters. The zero-order chi connectivity index (χ0) is 15.7. The Hall–Kier alpha value is -1.90. The molecule has 0 aliphatic heterocycles. The SMILES string of the molecule is CC(C)(C)c1nn(CCc2ccccc2)c2c1C(=O)CCC2. The zero-order valence-corrected chi connectivity index (χ0v) is 13.7. The zero-order valence-electron chi connectivity index (χ0n) is 13.7. The first-order chi connectivity index (χ1) is 10.5.